The number of nitrogens with one attached hydrogen (secondary N) is 2. The van der Waals surface area contributed by atoms with Gasteiger partial charge in [0.15, 0.2) is 15.7 Å². The van der Waals surface area contributed by atoms with Crippen molar-refractivity contribution in [1.29, 1.82) is 0 Å². The van der Waals surface area contributed by atoms with Gasteiger partial charge in [-0.25, -0.2) is 9.67 Å². The van der Waals surface area contributed by atoms with Gasteiger partial charge in [-0.1, -0.05) is 18.2 Å². The summed E-state index contributed by atoms with van der Waals surface area (Å²) in [4.78, 5) is 29.9. The third-order valence-electron chi connectivity index (χ3n) is 4.27. The molecule has 0 atom stereocenters. The smallest absolute Gasteiger partial charge is 0.251 e. The summed E-state index contributed by atoms with van der Waals surface area (Å²) in [6, 6.07) is 7.38. The first-order valence-electron chi connectivity index (χ1n) is 9.11. The molecular formula is C19H22N6O2S2. The number of hydrogen-bond acceptors (Lipinski definition) is 6. The number of carbonyl (C=O) groups excluding carboxylic acids is 2. The minimum atomic E-state index is -0.258. The fourth-order valence-corrected chi connectivity index (χ4v) is 3.85. The van der Waals surface area contributed by atoms with E-state index in [1.54, 1.807) is 16.8 Å². The number of anilines is 1. The molecule has 2 heterocycles. The molecule has 0 aliphatic heterocycles. The Morgan fingerprint density at radius 3 is 2.66 bits per heavy atom. The van der Waals surface area contributed by atoms with Gasteiger partial charge in [0.1, 0.15) is 6.54 Å². The molecule has 2 aromatic heterocycles. The molecule has 29 heavy (non-hydrogen) atoms. The van der Waals surface area contributed by atoms with Crippen LogP contribution < -0.4 is 10.6 Å². The van der Waals surface area contributed by atoms with Crippen LogP contribution >= 0.6 is 23.6 Å². The average Bonchev–Trinajstić information content (AvgIpc) is 3.22. The standard InChI is InChI=1S/C19H22N6O2S2/c1-4-24-15(10-20-17(27)14-8-6-5-7-12(14)2)23-25(19(24)28)11-16(26)22-18-21-9-13(3)29-18/h5-9H,4,10-11H2,1-3H3,(H,20,27)(H,21,22,26). The van der Waals surface area contributed by atoms with Crippen molar-refractivity contribution in [1.82, 2.24) is 24.6 Å². The second-order valence-corrected chi connectivity index (χ2v) is 8.02. The number of aromatic nitrogens is 4. The molecular weight excluding hydrogens is 408 g/mol. The van der Waals surface area contributed by atoms with Gasteiger partial charge in [-0.15, -0.1) is 11.3 Å². The third kappa shape index (κ3) is 4.96. The maximum absolute atomic E-state index is 12.5. The van der Waals surface area contributed by atoms with Crippen LogP contribution in [0.15, 0.2) is 30.5 Å². The van der Waals surface area contributed by atoms with Gasteiger partial charge in [0, 0.05) is 23.2 Å². The van der Waals surface area contributed by atoms with Gasteiger partial charge in [-0.05, 0) is 44.6 Å². The van der Waals surface area contributed by atoms with Gasteiger partial charge < -0.3 is 15.2 Å². The Balaban J connectivity index is 1.70. The molecule has 8 nitrogen and oxygen atoms in total. The SMILES string of the molecule is CCn1c(CNC(=O)c2ccccc2C)nn(CC(=O)Nc2ncc(C)s2)c1=S. The molecule has 0 radical (unpaired) electrons. The van der Waals surface area contributed by atoms with E-state index < -0.39 is 0 Å². The van der Waals surface area contributed by atoms with Crippen LogP contribution in [0.3, 0.4) is 0 Å². The van der Waals surface area contributed by atoms with E-state index in [4.69, 9.17) is 12.2 Å². The number of thiazole rings is 1. The number of rotatable bonds is 7. The van der Waals surface area contributed by atoms with Crippen LogP contribution in [0.2, 0.25) is 0 Å². The molecule has 3 rings (SSSR count). The number of nitrogens with zero attached hydrogens (tertiary/aromatic N) is 4. The number of aryl methyl sites for hydroxylation is 2. The maximum Gasteiger partial charge on any atom is 0.251 e. The normalized spacial score (nSPS) is 10.7. The van der Waals surface area contributed by atoms with Crippen LogP contribution in [0.5, 0.6) is 0 Å². The molecule has 0 spiro atoms. The van der Waals surface area contributed by atoms with Gasteiger partial charge in [0.05, 0.1) is 6.54 Å². The highest BCUT2D eigenvalue weighted by molar-refractivity contribution is 7.71. The highest BCUT2D eigenvalue weighted by Crippen LogP contribution is 2.16. The van der Waals surface area contributed by atoms with Gasteiger partial charge >= 0.3 is 0 Å². The summed E-state index contributed by atoms with van der Waals surface area (Å²) < 4.78 is 3.69. The molecule has 0 unspecified atom stereocenters. The lowest BCUT2D eigenvalue weighted by atomic mass is 10.1. The van der Waals surface area contributed by atoms with E-state index >= 15 is 0 Å². The molecule has 2 amide bonds. The molecule has 10 heteroatoms. The van der Waals surface area contributed by atoms with E-state index in [-0.39, 0.29) is 24.9 Å². The van der Waals surface area contributed by atoms with Crippen LogP contribution in [0, 0.1) is 18.6 Å². The fourth-order valence-electron chi connectivity index (χ4n) is 2.83. The maximum atomic E-state index is 12.5. The highest BCUT2D eigenvalue weighted by atomic mass is 32.1. The van der Waals surface area contributed by atoms with Gasteiger partial charge in [-0.3, -0.25) is 9.59 Å². The van der Waals surface area contributed by atoms with E-state index in [0.29, 0.717) is 27.8 Å². The van der Waals surface area contributed by atoms with Crippen molar-refractivity contribution in [3.63, 3.8) is 0 Å². The zero-order valence-corrected chi connectivity index (χ0v) is 18.1. The molecule has 0 saturated carbocycles. The van der Waals surface area contributed by atoms with Crippen molar-refractivity contribution in [2.45, 2.75) is 40.4 Å². The van der Waals surface area contributed by atoms with Crippen LogP contribution in [0.1, 0.15) is 33.5 Å². The van der Waals surface area contributed by atoms with Gasteiger partial charge in [0.2, 0.25) is 5.91 Å². The number of benzene rings is 1. The van der Waals surface area contributed by atoms with E-state index in [0.717, 1.165) is 10.4 Å². The predicted molar refractivity (Wildman–Crippen MR) is 115 cm³/mol. The minimum absolute atomic E-state index is 0.0246. The number of carbonyl (C=O) groups is 2. The van der Waals surface area contributed by atoms with E-state index in [1.807, 2.05) is 39.0 Å². The van der Waals surface area contributed by atoms with Crippen LogP contribution in [0.4, 0.5) is 5.13 Å². The highest BCUT2D eigenvalue weighted by Gasteiger charge is 2.15. The Morgan fingerprint density at radius 1 is 1.24 bits per heavy atom. The molecule has 0 fully saturated rings. The molecule has 2 N–H and O–H groups in total. The molecule has 0 bridgehead atoms. The first kappa shape index (κ1) is 20.9. The van der Waals surface area contributed by atoms with Crippen molar-refractivity contribution in [3.05, 3.63) is 57.1 Å². The zero-order chi connectivity index (χ0) is 21.0. The first-order chi connectivity index (χ1) is 13.9. The summed E-state index contributed by atoms with van der Waals surface area (Å²) in [7, 11) is 0. The topological polar surface area (TPSA) is 93.8 Å². The van der Waals surface area contributed by atoms with Crippen molar-refractivity contribution in [2.24, 2.45) is 0 Å². The van der Waals surface area contributed by atoms with Crippen LogP contribution in [0.25, 0.3) is 0 Å². The lowest BCUT2D eigenvalue weighted by Crippen LogP contribution is -2.25. The van der Waals surface area contributed by atoms with Gasteiger partial charge in [0.25, 0.3) is 5.91 Å². The molecule has 152 valence electrons. The Hall–Kier alpha value is -2.85. The van der Waals surface area contributed by atoms with Crippen molar-refractivity contribution in [3.8, 4) is 0 Å². The minimum Gasteiger partial charge on any atom is -0.345 e. The molecule has 0 aliphatic carbocycles. The molecule has 3 aromatic rings. The van der Waals surface area contributed by atoms with E-state index in [1.165, 1.54) is 16.0 Å². The Bertz CT molecular complexity index is 1100. The Morgan fingerprint density at radius 2 is 2.00 bits per heavy atom. The molecule has 0 aliphatic rings. The molecule has 1 aromatic carbocycles. The summed E-state index contributed by atoms with van der Waals surface area (Å²) in [6.45, 7) is 6.52. The largest absolute Gasteiger partial charge is 0.345 e. The van der Waals surface area contributed by atoms with Crippen LogP contribution in [-0.4, -0.2) is 31.1 Å². The van der Waals surface area contributed by atoms with Crippen molar-refractivity contribution >= 4 is 40.5 Å². The Kier molecular flexibility index (Phi) is 6.55. The zero-order valence-electron chi connectivity index (χ0n) is 16.4. The van der Waals surface area contributed by atoms with Crippen molar-refractivity contribution < 1.29 is 9.59 Å². The van der Waals surface area contributed by atoms with Crippen molar-refractivity contribution in [2.75, 3.05) is 5.32 Å². The number of hydrogen-bond donors (Lipinski definition) is 2. The summed E-state index contributed by atoms with van der Waals surface area (Å²) in [5.74, 6) is 0.159. The van der Waals surface area contributed by atoms with Crippen LogP contribution in [-0.2, 0) is 24.4 Å². The Labute approximate surface area is 177 Å². The van der Waals surface area contributed by atoms with Gasteiger partial charge in [-0.2, -0.15) is 5.10 Å². The summed E-state index contributed by atoms with van der Waals surface area (Å²) in [5, 5.41) is 10.6. The predicted octanol–water partition coefficient (Wildman–Crippen LogP) is 3.08. The second-order valence-electron chi connectivity index (χ2n) is 6.42. The quantitative estimate of drug-likeness (QED) is 0.562. The number of amides is 2. The summed E-state index contributed by atoms with van der Waals surface area (Å²) >= 11 is 6.85. The first-order valence-corrected chi connectivity index (χ1v) is 10.3. The monoisotopic (exact) mass is 430 g/mol. The third-order valence-corrected chi connectivity index (χ3v) is 5.53. The van der Waals surface area contributed by atoms with E-state index in [2.05, 4.69) is 20.7 Å². The summed E-state index contributed by atoms with van der Waals surface area (Å²) in [5.41, 5.74) is 1.52. The molecule has 0 saturated heterocycles. The average molecular weight is 431 g/mol. The lowest BCUT2D eigenvalue weighted by molar-refractivity contribution is -0.116. The lowest BCUT2D eigenvalue weighted by Gasteiger charge is -2.07. The van der Waals surface area contributed by atoms with E-state index in [9.17, 15) is 9.59 Å². The fraction of sp³-hybridized carbons (Fsp3) is 0.316. The second kappa shape index (κ2) is 9.10. The summed E-state index contributed by atoms with van der Waals surface area (Å²) in [6.07, 6.45) is 1.70.